The number of rotatable bonds is 9. The van der Waals surface area contributed by atoms with Crippen molar-refractivity contribution in [3.8, 4) is 11.1 Å². The van der Waals surface area contributed by atoms with Crippen LogP contribution in [-0.2, 0) is 11.2 Å². The molecule has 2 amide bonds. The molecule has 0 aromatic heterocycles. The molecule has 3 aromatic rings. The number of carbonyl (C=O) groups is 3. The van der Waals surface area contributed by atoms with Crippen molar-refractivity contribution >= 4 is 17.8 Å². The fourth-order valence-electron chi connectivity index (χ4n) is 4.62. The molecule has 0 spiro atoms. The third-order valence-corrected chi connectivity index (χ3v) is 6.92. The van der Waals surface area contributed by atoms with E-state index in [9.17, 15) is 24.6 Å². The van der Waals surface area contributed by atoms with Crippen LogP contribution in [-0.4, -0.2) is 45.5 Å². The molecule has 1 heterocycles. The first kappa shape index (κ1) is 24.4. The van der Waals surface area contributed by atoms with Gasteiger partial charge in [0.2, 0.25) is 0 Å². The zero-order valence-corrected chi connectivity index (χ0v) is 19.9. The van der Waals surface area contributed by atoms with Gasteiger partial charge >= 0.3 is 5.97 Å². The van der Waals surface area contributed by atoms with Crippen molar-refractivity contribution in [2.75, 3.05) is 6.54 Å². The van der Waals surface area contributed by atoms with Crippen LogP contribution in [0, 0.1) is 19.8 Å². The molecule has 3 aromatic carbocycles. The Morgan fingerprint density at radius 2 is 1.43 bits per heavy atom. The topological polar surface area (TPSA) is 94.9 Å². The van der Waals surface area contributed by atoms with Gasteiger partial charge in [0.15, 0.2) is 0 Å². The quantitative estimate of drug-likeness (QED) is 0.443. The third kappa shape index (κ3) is 5.03. The second-order valence-electron chi connectivity index (χ2n) is 9.09. The molecule has 0 fully saturated rings. The maximum Gasteiger partial charge on any atom is 0.309 e. The van der Waals surface area contributed by atoms with Crippen LogP contribution in [0.4, 0.5) is 0 Å². The molecule has 1 aliphatic rings. The summed E-state index contributed by atoms with van der Waals surface area (Å²) in [5.41, 5.74) is 6.41. The summed E-state index contributed by atoms with van der Waals surface area (Å²) in [7, 11) is 0. The zero-order valence-electron chi connectivity index (χ0n) is 19.9. The number of carbonyl (C=O) groups excluding carboxylic acids is 2. The molecule has 2 atom stereocenters. The fourth-order valence-corrected chi connectivity index (χ4v) is 4.62. The molecule has 2 unspecified atom stereocenters. The third-order valence-electron chi connectivity index (χ3n) is 6.92. The van der Waals surface area contributed by atoms with E-state index in [4.69, 9.17) is 0 Å². The maximum atomic E-state index is 12.5. The van der Waals surface area contributed by atoms with Crippen molar-refractivity contribution in [2.45, 2.75) is 39.2 Å². The SMILES string of the molecule is Cc1cccc(-c2ccc(CCC(O)C(CCN3C(=O)c4ccccc4C3=O)C(=O)O)cc2)c1C. The van der Waals surface area contributed by atoms with Crippen LogP contribution in [0.1, 0.15) is 50.2 Å². The first-order chi connectivity index (χ1) is 16.8. The monoisotopic (exact) mass is 471 g/mol. The van der Waals surface area contributed by atoms with E-state index in [2.05, 4.69) is 26.0 Å². The van der Waals surface area contributed by atoms with Crippen molar-refractivity contribution in [1.82, 2.24) is 4.90 Å². The number of aryl methyl sites for hydroxylation is 2. The van der Waals surface area contributed by atoms with Gasteiger partial charge in [-0.25, -0.2) is 0 Å². The number of amides is 2. The number of hydrogen-bond donors (Lipinski definition) is 2. The van der Waals surface area contributed by atoms with E-state index < -0.39 is 29.8 Å². The molecule has 0 saturated heterocycles. The van der Waals surface area contributed by atoms with Gasteiger partial charge in [0.25, 0.3) is 11.8 Å². The number of hydrogen-bond acceptors (Lipinski definition) is 4. The number of nitrogens with zero attached hydrogens (tertiary/aromatic N) is 1. The van der Waals surface area contributed by atoms with Crippen molar-refractivity contribution in [2.24, 2.45) is 5.92 Å². The summed E-state index contributed by atoms with van der Waals surface area (Å²) in [5, 5.41) is 20.3. The van der Waals surface area contributed by atoms with Crippen LogP contribution < -0.4 is 0 Å². The maximum absolute atomic E-state index is 12.5. The molecule has 6 nitrogen and oxygen atoms in total. The van der Waals surface area contributed by atoms with Gasteiger partial charge in [0.1, 0.15) is 0 Å². The molecular formula is C29H29NO5. The first-order valence-corrected chi connectivity index (χ1v) is 11.8. The summed E-state index contributed by atoms with van der Waals surface area (Å²) in [5.74, 6) is -3.06. The van der Waals surface area contributed by atoms with E-state index >= 15 is 0 Å². The van der Waals surface area contributed by atoms with Gasteiger partial charge in [0.05, 0.1) is 23.1 Å². The van der Waals surface area contributed by atoms with Gasteiger partial charge in [0, 0.05) is 6.54 Å². The Hall–Kier alpha value is -3.77. The number of carboxylic acids is 1. The number of fused-ring (bicyclic) bond motifs is 1. The Kier molecular flexibility index (Phi) is 7.12. The Labute approximate surface area is 204 Å². The Balaban J connectivity index is 1.36. The predicted molar refractivity (Wildman–Crippen MR) is 133 cm³/mol. The minimum atomic E-state index is -1.14. The standard InChI is InChI=1S/C29H29NO5/c1-18-6-5-9-22(19(18)2)21-13-10-20(11-14-21)12-15-26(31)25(29(34)35)16-17-30-27(32)23-7-3-4-8-24(23)28(30)33/h3-11,13-14,25-26,31H,12,15-17H2,1-2H3,(H,34,35). The van der Waals surface area contributed by atoms with Gasteiger partial charge in [-0.1, -0.05) is 54.6 Å². The number of aliphatic carboxylic acids is 1. The summed E-state index contributed by atoms with van der Waals surface area (Å²) in [6, 6.07) is 20.8. The van der Waals surface area contributed by atoms with Gasteiger partial charge in [-0.2, -0.15) is 0 Å². The number of aliphatic hydroxyl groups excluding tert-OH is 1. The largest absolute Gasteiger partial charge is 0.481 e. The van der Waals surface area contributed by atoms with E-state index in [0.717, 1.165) is 16.0 Å². The first-order valence-electron chi connectivity index (χ1n) is 11.8. The lowest BCUT2D eigenvalue weighted by molar-refractivity contribution is -0.146. The molecule has 0 bridgehead atoms. The van der Waals surface area contributed by atoms with Gasteiger partial charge < -0.3 is 10.2 Å². The van der Waals surface area contributed by atoms with Crippen molar-refractivity contribution in [3.63, 3.8) is 0 Å². The highest BCUT2D eigenvalue weighted by Crippen LogP contribution is 2.27. The number of benzene rings is 3. The molecule has 0 aliphatic carbocycles. The van der Waals surface area contributed by atoms with Gasteiger partial charge in [-0.3, -0.25) is 19.3 Å². The molecule has 4 rings (SSSR count). The predicted octanol–water partition coefficient (Wildman–Crippen LogP) is 4.65. The van der Waals surface area contributed by atoms with E-state index in [1.54, 1.807) is 24.3 Å². The lowest BCUT2D eigenvalue weighted by Crippen LogP contribution is -2.36. The van der Waals surface area contributed by atoms with Crippen molar-refractivity contribution in [3.05, 3.63) is 94.5 Å². The van der Waals surface area contributed by atoms with Crippen LogP contribution in [0.3, 0.4) is 0 Å². The van der Waals surface area contributed by atoms with Crippen LogP contribution in [0.5, 0.6) is 0 Å². The Bertz CT molecular complexity index is 1230. The Morgan fingerprint density at radius 3 is 2.03 bits per heavy atom. The molecule has 0 saturated carbocycles. The van der Waals surface area contributed by atoms with Gasteiger partial charge in [-0.15, -0.1) is 0 Å². The summed E-state index contributed by atoms with van der Waals surface area (Å²) in [6.45, 7) is 4.13. The smallest absolute Gasteiger partial charge is 0.309 e. The molecule has 35 heavy (non-hydrogen) atoms. The highest BCUT2D eigenvalue weighted by molar-refractivity contribution is 6.21. The van der Waals surface area contributed by atoms with E-state index in [1.165, 1.54) is 16.7 Å². The fraction of sp³-hybridized carbons (Fsp3) is 0.276. The zero-order chi connectivity index (χ0) is 25.1. The van der Waals surface area contributed by atoms with Gasteiger partial charge in [-0.05, 0) is 73.1 Å². The highest BCUT2D eigenvalue weighted by atomic mass is 16.4. The molecule has 1 aliphatic heterocycles. The summed E-state index contributed by atoms with van der Waals surface area (Å²) < 4.78 is 0. The minimum Gasteiger partial charge on any atom is -0.481 e. The van der Waals surface area contributed by atoms with E-state index in [-0.39, 0.29) is 19.4 Å². The average Bonchev–Trinajstić information content (AvgIpc) is 3.09. The normalized spacial score (nSPS) is 14.7. The second-order valence-corrected chi connectivity index (χ2v) is 9.09. The summed E-state index contributed by atoms with van der Waals surface area (Å²) in [6.07, 6.45) is -0.318. The lowest BCUT2D eigenvalue weighted by atomic mass is 9.92. The Morgan fingerprint density at radius 1 is 0.829 bits per heavy atom. The summed E-state index contributed by atoms with van der Waals surface area (Å²) >= 11 is 0. The van der Waals surface area contributed by atoms with Crippen molar-refractivity contribution < 1.29 is 24.6 Å². The van der Waals surface area contributed by atoms with E-state index in [0.29, 0.717) is 17.5 Å². The lowest BCUT2D eigenvalue weighted by Gasteiger charge is -2.22. The molecule has 6 heteroatoms. The molecular weight excluding hydrogens is 442 g/mol. The van der Waals surface area contributed by atoms with Crippen LogP contribution in [0.15, 0.2) is 66.7 Å². The van der Waals surface area contributed by atoms with E-state index in [1.807, 2.05) is 30.3 Å². The van der Waals surface area contributed by atoms with Crippen LogP contribution in [0.2, 0.25) is 0 Å². The molecule has 180 valence electrons. The van der Waals surface area contributed by atoms with Crippen molar-refractivity contribution in [1.29, 1.82) is 0 Å². The van der Waals surface area contributed by atoms with Crippen LogP contribution >= 0.6 is 0 Å². The summed E-state index contributed by atoms with van der Waals surface area (Å²) in [4.78, 5) is 38.0. The number of aliphatic hydroxyl groups is 1. The molecule has 2 N–H and O–H groups in total. The average molecular weight is 472 g/mol. The second kappa shape index (κ2) is 10.2. The van der Waals surface area contributed by atoms with Crippen LogP contribution in [0.25, 0.3) is 11.1 Å². The number of imide groups is 1. The minimum absolute atomic E-state index is 0.00641. The highest BCUT2D eigenvalue weighted by Gasteiger charge is 2.36. The number of carboxylic acid groups (broad SMARTS) is 1. The molecule has 0 radical (unpaired) electrons.